The first kappa shape index (κ1) is 17.4. The number of rotatable bonds is 4. The third-order valence-corrected chi connectivity index (χ3v) is 4.05. The van der Waals surface area contributed by atoms with Gasteiger partial charge in [0.15, 0.2) is 0 Å². The molecule has 0 aromatic heterocycles. The Kier molecular flexibility index (Phi) is 5.74. The molecule has 0 aliphatic carbocycles. The molecule has 1 heterocycles. The first-order chi connectivity index (χ1) is 10.9. The zero-order chi connectivity index (χ0) is 16.9. The lowest BCUT2D eigenvalue weighted by Crippen LogP contribution is -2.49. The SMILES string of the molecule is COc1ccc(N2CCC(NC(=O)NCC(C)(C)C)CC2)cc1. The van der Waals surface area contributed by atoms with Crippen molar-refractivity contribution in [1.82, 2.24) is 10.6 Å². The maximum absolute atomic E-state index is 11.9. The number of carbonyl (C=O) groups is 1. The van der Waals surface area contributed by atoms with Gasteiger partial charge in [-0.15, -0.1) is 0 Å². The van der Waals surface area contributed by atoms with Gasteiger partial charge in [0.25, 0.3) is 0 Å². The molecular formula is C18H29N3O2. The number of methoxy groups -OCH3 is 1. The number of anilines is 1. The van der Waals surface area contributed by atoms with Gasteiger partial charge < -0.3 is 20.3 Å². The summed E-state index contributed by atoms with van der Waals surface area (Å²) in [6.07, 6.45) is 1.93. The van der Waals surface area contributed by atoms with Crippen LogP contribution in [-0.4, -0.2) is 38.8 Å². The van der Waals surface area contributed by atoms with E-state index in [2.05, 4.69) is 48.4 Å². The molecule has 128 valence electrons. The first-order valence-electron chi connectivity index (χ1n) is 8.31. The summed E-state index contributed by atoms with van der Waals surface area (Å²) >= 11 is 0. The molecule has 0 radical (unpaired) electrons. The number of urea groups is 1. The third-order valence-electron chi connectivity index (χ3n) is 4.05. The molecular weight excluding hydrogens is 290 g/mol. The van der Waals surface area contributed by atoms with Gasteiger partial charge >= 0.3 is 6.03 Å². The van der Waals surface area contributed by atoms with Crippen LogP contribution in [-0.2, 0) is 0 Å². The van der Waals surface area contributed by atoms with Crippen LogP contribution in [0.15, 0.2) is 24.3 Å². The van der Waals surface area contributed by atoms with Crippen LogP contribution in [0.3, 0.4) is 0 Å². The van der Waals surface area contributed by atoms with E-state index in [1.165, 1.54) is 5.69 Å². The van der Waals surface area contributed by atoms with Crippen LogP contribution in [0.2, 0.25) is 0 Å². The molecule has 23 heavy (non-hydrogen) atoms. The Hall–Kier alpha value is -1.91. The molecule has 1 fully saturated rings. The standard InChI is InChI=1S/C18H29N3O2/c1-18(2,3)13-19-17(22)20-14-9-11-21(12-10-14)15-5-7-16(23-4)8-6-15/h5-8,14H,9-13H2,1-4H3,(H2,19,20,22). The molecule has 1 aliphatic rings. The molecule has 1 saturated heterocycles. The lowest BCUT2D eigenvalue weighted by molar-refractivity contribution is 0.229. The Balaban J connectivity index is 1.76. The normalized spacial score (nSPS) is 16.1. The van der Waals surface area contributed by atoms with E-state index < -0.39 is 0 Å². The summed E-state index contributed by atoms with van der Waals surface area (Å²) in [5.74, 6) is 0.876. The lowest BCUT2D eigenvalue weighted by Gasteiger charge is -2.34. The highest BCUT2D eigenvalue weighted by Crippen LogP contribution is 2.22. The Morgan fingerprint density at radius 1 is 1.22 bits per heavy atom. The summed E-state index contributed by atoms with van der Waals surface area (Å²) in [6, 6.07) is 8.34. The monoisotopic (exact) mass is 319 g/mol. The highest BCUT2D eigenvalue weighted by molar-refractivity contribution is 5.74. The van der Waals surface area contributed by atoms with Crippen LogP contribution in [0.5, 0.6) is 5.75 Å². The number of piperidine rings is 1. The van der Waals surface area contributed by atoms with Gasteiger partial charge in [0.2, 0.25) is 0 Å². The number of nitrogens with one attached hydrogen (secondary N) is 2. The van der Waals surface area contributed by atoms with E-state index in [9.17, 15) is 4.79 Å². The molecule has 5 nitrogen and oxygen atoms in total. The molecule has 1 aromatic rings. The molecule has 2 rings (SSSR count). The van der Waals surface area contributed by atoms with Crippen molar-refractivity contribution in [3.05, 3.63) is 24.3 Å². The van der Waals surface area contributed by atoms with Crippen molar-refractivity contribution in [3.8, 4) is 5.75 Å². The predicted octanol–water partition coefficient (Wildman–Crippen LogP) is 3.01. The van der Waals surface area contributed by atoms with Gasteiger partial charge in [-0.3, -0.25) is 0 Å². The van der Waals surface area contributed by atoms with E-state index in [4.69, 9.17) is 4.74 Å². The maximum atomic E-state index is 11.9. The molecule has 0 atom stereocenters. The Bertz CT molecular complexity index is 500. The summed E-state index contributed by atoms with van der Waals surface area (Å²) in [5.41, 5.74) is 1.32. The van der Waals surface area contributed by atoms with E-state index in [1.807, 2.05) is 12.1 Å². The maximum Gasteiger partial charge on any atom is 0.315 e. The van der Waals surface area contributed by atoms with Crippen molar-refractivity contribution < 1.29 is 9.53 Å². The summed E-state index contributed by atoms with van der Waals surface area (Å²) < 4.78 is 5.19. The van der Waals surface area contributed by atoms with E-state index in [0.717, 1.165) is 31.7 Å². The minimum absolute atomic E-state index is 0.0529. The highest BCUT2D eigenvalue weighted by atomic mass is 16.5. The quantitative estimate of drug-likeness (QED) is 0.897. The zero-order valence-corrected chi connectivity index (χ0v) is 14.7. The van der Waals surface area contributed by atoms with Crippen molar-refractivity contribution in [2.75, 3.05) is 31.6 Å². The smallest absolute Gasteiger partial charge is 0.315 e. The van der Waals surface area contributed by atoms with Crippen molar-refractivity contribution in [1.29, 1.82) is 0 Å². The molecule has 5 heteroatoms. The number of carbonyl (C=O) groups excluding carboxylic acids is 1. The van der Waals surface area contributed by atoms with E-state index in [-0.39, 0.29) is 17.5 Å². The molecule has 0 spiro atoms. The molecule has 2 N–H and O–H groups in total. The first-order valence-corrected chi connectivity index (χ1v) is 8.31. The molecule has 0 unspecified atom stereocenters. The zero-order valence-electron chi connectivity index (χ0n) is 14.7. The fraction of sp³-hybridized carbons (Fsp3) is 0.611. The van der Waals surface area contributed by atoms with Crippen LogP contribution in [0.4, 0.5) is 10.5 Å². The lowest BCUT2D eigenvalue weighted by atomic mass is 9.97. The van der Waals surface area contributed by atoms with Gasteiger partial charge in [0, 0.05) is 31.4 Å². The number of hydrogen-bond donors (Lipinski definition) is 2. The van der Waals surface area contributed by atoms with E-state index in [1.54, 1.807) is 7.11 Å². The Labute approximate surface area is 139 Å². The number of ether oxygens (including phenoxy) is 1. The Morgan fingerprint density at radius 2 is 1.83 bits per heavy atom. The number of amides is 2. The van der Waals surface area contributed by atoms with Crippen LogP contribution < -0.4 is 20.3 Å². The average molecular weight is 319 g/mol. The van der Waals surface area contributed by atoms with E-state index in [0.29, 0.717) is 6.54 Å². The van der Waals surface area contributed by atoms with Gasteiger partial charge in [-0.25, -0.2) is 4.79 Å². The number of benzene rings is 1. The van der Waals surface area contributed by atoms with Gasteiger partial charge in [-0.1, -0.05) is 20.8 Å². The Morgan fingerprint density at radius 3 is 2.35 bits per heavy atom. The van der Waals surface area contributed by atoms with Crippen LogP contribution >= 0.6 is 0 Å². The second-order valence-electron chi connectivity index (χ2n) is 7.35. The van der Waals surface area contributed by atoms with Crippen molar-refractivity contribution in [2.45, 2.75) is 39.7 Å². The largest absolute Gasteiger partial charge is 0.497 e. The third kappa shape index (κ3) is 5.66. The predicted molar refractivity (Wildman–Crippen MR) is 94.2 cm³/mol. The van der Waals surface area contributed by atoms with Crippen molar-refractivity contribution in [3.63, 3.8) is 0 Å². The number of nitrogens with zero attached hydrogens (tertiary/aromatic N) is 1. The highest BCUT2D eigenvalue weighted by Gasteiger charge is 2.21. The van der Waals surface area contributed by atoms with Crippen LogP contribution in [0.25, 0.3) is 0 Å². The van der Waals surface area contributed by atoms with Crippen LogP contribution in [0.1, 0.15) is 33.6 Å². The van der Waals surface area contributed by atoms with Crippen LogP contribution in [0, 0.1) is 5.41 Å². The van der Waals surface area contributed by atoms with Gasteiger partial charge in [0.05, 0.1) is 7.11 Å². The fourth-order valence-corrected chi connectivity index (χ4v) is 2.66. The molecule has 1 aliphatic heterocycles. The summed E-state index contributed by atoms with van der Waals surface area (Å²) in [4.78, 5) is 14.3. The van der Waals surface area contributed by atoms with Crippen molar-refractivity contribution in [2.24, 2.45) is 5.41 Å². The summed E-state index contributed by atoms with van der Waals surface area (Å²) in [6.45, 7) is 8.93. The second-order valence-corrected chi connectivity index (χ2v) is 7.35. The second kappa shape index (κ2) is 7.57. The summed E-state index contributed by atoms with van der Waals surface area (Å²) in [7, 11) is 1.68. The van der Waals surface area contributed by atoms with Gasteiger partial charge in [-0.05, 0) is 42.5 Å². The molecule has 0 saturated carbocycles. The van der Waals surface area contributed by atoms with Gasteiger partial charge in [0.1, 0.15) is 5.75 Å². The van der Waals surface area contributed by atoms with Crippen molar-refractivity contribution >= 4 is 11.7 Å². The molecule has 0 bridgehead atoms. The average Bonchev–Trinajstić information content (AvgIpc) is 2.53. The number of hydrogen-bond acceptors (Lipinski definition) is 3. The topological polar surface area (TPSA) is 53.6 Å². The van der Waals surface area contributed by atoms with E-state index >= 15 is 0 Å². The van der Waals surface area contributed by atoms with Gasteiger partial charge in [-0.2, -0.15) is 0 Å². The molecule has 1 aromatic carbocycles. The minimum atomic E-state index is -0.0529. The minimum Gasteiger partial charge on any atom is -0.497 e. The summed E-state index contributed by atoms with van der Waals surface area (Å²) in [5, 5.41) is 6.03. The molecule has 2 amide bonds. The fourth-order valence-electron chi connectivity index (χ4n) is 2.66.